The Kier molecular flexibility index (Phi) is 5.36. The number of thioether (sulfide) groups is 1. The summed E-state index contributed by atoms with van der Waals surface area (Å²) in [6, 6.07) is 14.4. The van der Waals surface area contributed by atoms with Crippen LogP contribution in [0.5, 0.6) is 0 Å². The molecule has 1 saturated heterocycles. The highest BCUT2D eigenvalue weighted by Gasteiger charge is 2.24. The first-order valence-electron chi connectivity index (χ1n) is 7.73. The summed E-state index contributed by atoms with van der Waals surface area (Å²) < 4.78 is 0. The zero-order chi connectivity index (χ0) is 17.8. The van der Waals surface area contributed by atoms with E-state index in [4.69, 9.17) is 11.6 Å². The molecule has 0 aromatic heterocycles. The van der Waals surface area contributed by atoms with Gasteiger partial charge in [0.25, 0.3) is 11.8 Å². The van der Waals surface area contributed by atoms with Crippen molar-refractivity contribution in [2.24, 2.45) is 4.99 Å². The van der Waals surface area contributed by atoms with Gasteiger partial charge in [-0.3, -0.25) is 9.59 Å². The van der Waals surface area contributed by atoms with Crippen LogP contribution in [0.4, 0.5) is 0 Å². The SMILES string of the molecule is CCc1ccc(/C=C2\SC(=NC(=O)c3ccc(Cl)cc3)NC2=O)cc1. The Morgan fingerprint density at radius 2 is 1.84 bits per heavy atom. The number of aryl methyl sites for hydroxylation is 1. The lowest BCUT2D eigenvalue weighted by molar-refractivity contribution is -0.115. The van der Waals surface area contributed by atoms with Gasteiger partial charge in [0.2, 0.25) is 0 Å². The third-order valence-corrected chi connectivity index (χ3v) is 4.79. The van der Waals surface area contributed by atoms with Gasteiger partial charge < -0.3 is 5.32 Å². The van der Waals surface area contributed by atoms with Gasteiger partial charge in [-0.15, -0.1) is 0 Å². The standard InChI is InChI=1S/C19H15ClN2O2S/c1-2-12-3-5-13(6-4-12)11-16-18(24)22-19(25-16)21-17(23)14-7-9-15(20)10-8-14/h3-11H,2H2,1H3,(H,21,22,23,24)/b16-11-. The smallest absolute Gasteiger partial charge is 0.279 e. The van der Waals surface area contributed by atoms with Gasteiger partial charge in [0.1, 0.15) is 0 Å². The molecule has 2 aromatic carbocycles. The van der Waals surface area contributed by atoms with Crippen molar-refractivity contribution < 1.29 is 9.59 Å². The van der Waals surface area contributed by atoms with Gasteiger partial charge in [-0.2, -0.15) is 4.99 Å². The van der Waals surface area contributed by atoms with Crippen LogP contribution in [0.15, 0.2) is 58.4 Å². The second-order valence-corrected chi connectivity index (χ2v) is 6.86. The summed E-state index contributed by atoms with van der Waals surface area (Å²) in [6.45, 7) is 2.09. The molecule has 0 bridgehead atoms. The molecule has 2 aromatic rings. The summed E-state index contributed by atoms with van der Waals surface area (Å²) >= 11 is 6.96. The van der Waals surface area contributed by atoms with E-state index in [1.165, 1.54) is 5.56 Å². The third-order valence-electron chi connectivity index (χ3n) is 3.63. The maximum absolute atomic E-state index is 12.1. The van der Waals surface area contributed by atoms with E-state index >= 15 is 0 Å². The first-order valence-corrected chi connectivity index (χ1v) is 8.93. The van der Waals surface area contributed by atoms with Crippen LogP contribution in [-0.2, 0) is 11.2 Å². The Hall–Kier alpha value is -2.37. The molecule has 0 spiro atoms. The number of amides is 2. The molecule has 1 aliphatic heterocycles. The van der Waals surface area contributed by atoms with Crippen molar-refractivity contribution >= 4 is 46.4 Å². The van der Waals surface area contributed by atoms with E-state index in [-0.39, 0.29) is 11.1 Å². The average molecular weight is 371 g/mol. The van der Waals surface area contributed by atoms with Crippen molar-refractivity contribution in [1.82, 2.24) is 5.32 Å². The number of hydrogen-bond acceptors (Lipinski definition) is 3. The van der Waals surface area contributed by atoms with Crippen LogP contribution in [-0.4, -0.2) is 17.0 Å². The van der Waals surface area contributed by atoms with E-state index in [1.807, 2.05) is 24.3 Å². The van der Waals surface area contributed by atoms with Gasteiger partial charge >= 0.3 is 0 Å². The minimum absolute atomic E-state index is 0.257. The fraction of sp³-hybridized carbons (Fsp3) is 0.105. The summed E-state index contributed by atoms with van der Waals surface area (Å²) in [6.07, 6.45) is 2.75. The number of nitrogens with one attached hydrogen (secondary N) is 1. The molecule has 0 aliphatic carbocycles. The van der Waals surface area contributed by atoms with Gasteiger partial charge in [0.15, 0.2) is 5.17 Å². The van der Waals surface area contributed by atoms with E-state index in [9.17, 15) is 9.59 Å². The van der Waals surface area contributed by atoms with Crippen molar-refractivity contribution in [1.29, 1.82) is 0 Å². The third kappa shape index (κ3) is 4.38. The quantitative estimate of drug-likeness (QED) is 0.819. The zero-order valence-corrected chi connectivity index (χ0v) is 15.0. The largest absolute Gasteiger partial charge is 0.300 e. The molecule has 0 saturated carbocycles. The molecule has 1 aliphatic rings. The van der Waals surface area contributed by atoms with E-state index in [0.717, 1.165) is 23.7 Å². The number of aliphatic imine (C=N–C) groups is 1. The highest BCUT2D eigenvalue weighted by Crippen LogP contribution is 2.26. The molecular weight excluding hydrogens is 356 g/mol. The van der Waals surface area contributed by atoms with Crippen molar-refractivity contribution in [3.8, 4) is 0 Å². The summed E-state index contributed by atoms with van der Waals surface area (Å²) in [4.78, 5) is 28.7. The minimum Gasteiger partial charge on any atom is -0.300 e. The number of rotatable bonds is 3. The molecule has 6 heteroatoms. The molecule has 25 heavy (non-hydrogen) atoms. The zero-order valence-electron chi connectivity index (χ0n) is 13.5. The summed E-state index contributed by atoms with van der Waals surface area (Å²) in [5.41, 5.74) is 2.58. The van der Waals surface area contributed by atoms with Crippen LogP contribution in [0.1, 0.15) is 28.4 Å². The molecule has 1 fully saturated rings. The van der Waals surface area contributed by atoms with Crippen LogP contribution in [0, 0.1) is 0 Å². The van der Waals surface area contributed by atoms with Crippen molar-refractivity contribution in [3.05, 3.63) is 75.1 Å². The van der Waals surface area contributed by atoms with Crippen LogP contribution in [0.2, 0.25) is 5.02 Å². The molecule has 0 atom stereocenters. The highest BCUT2D eigenvalue weighted by atomic mass is 35.5. The molecule has 126 valence electrons. The molecule has 4 nitrogen and oxygen atoms in total. The fourth-order valence-electron chi connectivity index (χ4n) is 2.23. The van der Waals surface area contributed by atoms with Gasteiger partial charge in [-0.05, 0) is 59.7 Å². The summed E-state index contributed by atoms with van der Waals surface area (Å²) in [5, 5.41) is 3.44. The Labute approximate surface area is 155 Å². The number of carbonyl (C=O) groups is 2. The fourth-order valence-corrected chi connectivity index (χ4v) is 3.18. The van der Waals surface area contributed by atoms with E-state index in [0.29, 0.717) is 15.5 Å². The van der Waals surface area contributed by atoms with E-state index < -0.39 is 5.91 Å². The Balaban J connectivity index is 1.75. The first-order chi connectivity index (χ1) is 12.0. The Morgan fingerprint density at radius 1 is 1.16 bits per heavy atom. The first kappa shape index (κ1) is 17.5. The predicted octanol–water partition coefficient (Wildman–Crippen LogP) is 4.30. The van der Waals surface area contributed by atoms with Crippen LogP contribution in [0.25, 0.3) is 6.08 Å². The van der Waals surface area contributed by atoms with Crippen LogP contribution >= 0.6 is 23.4 Å². The maximum Gasteiger partial charge on any atom is 0.279 e. The molecule has 3 rings (SSSR count). The van der Waals surface area contributed by atoms with E-state index in [2.05, 4.69) is 17.2 Å². The average Bonchev–Trinajstić information content (AvgIpc) is 2.95. The number of hydrogen-bond donors (Lipinski definition) is 1. The summed E-state index contributed by atoms with van der Waals surface area (Å²) in [7, 11) is 0. The molecule has 0 radical (unpaired) electrons. The molecular formula is C19H15ClN2O2S. The number of nitrogens with zero attached hydrogens (tertiary/aromatic N) is 1. The van der Waals surface area contributed by atoms with Crippen LogP contribution < -0.4 is 5.32 Å². The van der Waals surface area contributed by atoms with Gasteiger partial charge in [0.05, 0.1) is 4.91 Å². The van der Waals surface area contributed by atoms with Crippen molar-refractivity contribution in [2.45, 2.75) is 13.3 Å². The second-order valence-electron chi connectivity index (χ2n) is 5.39. The lowest BCUT2D eigenvalue weighted by Crippen LogP contribution is -2.20. The normalized spacial score (nSPS) is 17.1. The molecule has 2 amide bonds. The monoisotopic (exact) mass is 370 g/mol. The second kappa shape index (κ2) is 7.68. The molecule has 1 heterocycles. The lowest BCUT2D eigenvalue weighted by Gasteiger charge is -1.98. The van der Waals surface area contributed by atoms with Gasteiger partial charge in [-0.1, -0.05) is 42.8 Å². The molecule has 0 unspecified atom stereocenters. The Morgan fingerprint density at radius 3 is 2.48 bits per heavy atom. The number of amidine groups is 1. The van der Waals surface area contributed by atoms with Gasteiger partial charge in [-0.25, -0.2) is 0 Å². The number of carbonyl (C=O) groups excluding carboxylic acids is 2. The van der Waals surface area contributed by atoms with E-state index in [1.54, 1.807) is 30.3 Å². The Bertz CT molecular complexity index is 871. The van der Waals surface area contributed by atoms with Crippen molar-refractivity contribution in [2.75, 3.05) is 0 Å². The number of halogens is 1. The highest BCUT2D eigenvalue weighted by molar-refractivity contribution is 8.18. The minimum atomic E-state index is -0.423. The topological polar surface area (TPSA) is 58.5 Å². The maximum atomic E-state index is 12.1. The van der Waals surface area contributed by atoms with Gasteiger partial charge in [0, 0.05) is 10.6 Å². The number of benzene rings is 2. The predicted molar refractivity (Wildman–Crippen MR) is 103 cm³/mol. The summed E-state index contributed by atoms with van der Waals surface area (Å²) in [5.74, 6) is -0.680. The van der Waals surface area contributed by atoms with Crippen molar-refractivity contribution in [3.63, 3.8) is 0 Å². The lowest BCUT2D eigenvalue weighted by atomic mass is 10.1. The molecule has 1 N–H and O–H groups in total. The van der Waals surface area contributed by atoms with Crippen LogP contribution in [0.3, 0.4) is 0 Å².